The number of sulfonamides is 1. The summed E-state index contributed by atoms with van der Waals surface area (Å²) in [5.74, 6) is -0.986. The first-order chi connectivity index (χ1) is 9.95. The van der Waals surface area contributed by atoms with Gasteiger partial charge in [0, 0.05) is 6.54 Å². The minimum atomic E-state index is -3.43. The second-order valence-electron chi connectivity index (χ2n) is 5.05. The molecule has 0 aromatic heterocycles. The Labute approximate surface area is 124 Å². The highest BCUT2D eigenvalue weighted by Gasteiger charge is 2.38. The summed E-state index contributed by atoms with van der Waals surface area (Å²) in [6.07, 6.45) is 1.60. The third-order valence-corrected chi connectivity index (χ3v) is 5.53. The third kappa shape index (κ3) is 3.59. The molecule has 0 aliphatic carbocycles. The molecule has 1 N–H and O–H groups in total. The molecule has 1 unspecified atom stereocenters. The van der Waals surface area contributed by atoms with Crippen molar-refractivity contribution in [1.82, 2.24) is 4.31 Å². The second-order valence-corrected chi connectivity index (χ2v) is 7.09. The van der Waals surface area contributed by atoms with Gasteiger partial charge < -0.3 is 5.32 Å². The van der Waals surface area contributed by atoms with E-state index in [-0.39, 0.29) is 11.4 Å². The molecule has 0 saturated carbocycles. The number of nitrogens with one attached hydrogen (secondary N) is 1. The fourth-order valence-corrected chi connectivity index (χ4v) is 4.24. The topological polar surface area (TPSA) is 66.5 Å². The van der Waals surface area contributed by atoms with Crippen molar-refractivity contribution in [2.45, 2.75) is 32.2 Å². The molecule has 1 amide bonds. The van der Waals surface area contributed by atoms with E-state index < -0.39 is 27.8 Å². The number of benzene rings is 1. The third-order valence-electron chi connectivity index (χ3n) is 3.46. The lowest BCUT2D eigenvalue weighted by Crippen LogP contribution is -2.44. The Morgan fingerprint density at radius 2 is 2.14 bits per heavy atom. The Kier molecular flexibility index (Phi) is 4.95. The summed E-state index contributed by atoms with van der Waals surface area (Å²) in [5.41, 5.74) is 0.0715. The lowest BCUT2D eigenvalue weighted by molar-refractivity contribution is -0.119. The highest BCUT2D eigenvalue weighted by Crippen LogP contribution is 2.23. The SMILES string of the molecule is CCCS(=O)(=O)N1CCCC1C(=O)Nc1ccccc1F. The van der Waals surface area contributed by atoms with E-state index in [4.69, 9.17) is 0 Å². The molecular weight excluding hydrogens is 295 g/mol. The van der Waals surface area contributed by atoms with Crippen LogP contribution in [-0.2, 0) is 14.8 Å². The van der Waals surface area contributed by atoms with Gasteiger partial charge in [0.15, 0.2) is 0 Å². The Balaban J connectivity index is 2.13. The lowest BCUT2D eigenvalue weighted by Gasteiger charge is -2.23. The van der Waals surface area contributed by atoms with E-state index in [0.717, 1.165) is 0 Å². The van der Waals surface area contributed by atoms with Gasteiger partial charge in [-0.3, -0.25) is 4.79 Å². The molecule has 1 aliphatic heterocycles. The van der Waals surface area contributed by atoms with E-state index in [1.807, 2.05) is 0 Å². The first kappa shape index (κ1) is 15.9. The fourth-order valence-electron chi connectivity index (χ4n) is 2.49. The van der Waals surface area contributed by atoms with Crippen molar-refractivity contribution in [3.8, 4) is 0 Å². The van der Waals surface area contributed by atoms with Crippen LogP contribution in [0.25, 0.3) is 0 Å². The van der Waals surface area contributed by atoms with E-state index in [1.165, 1.54) is 22.5 Å². The van der Waals surface area contributed by atoms with Crippen molar-refractivity contribution in [3.63, 3.8) is 0 Å². The van der Waals surface area contributed by atoms with Gasteiger partial charge in [0.25, 0.3) is 0 Å². The molecule has 2 rings (SSSR count). The molecular formula is C14H19FN2O3S. The van der Waals surface area contributed by atoms with Crippen molar-refractivity contribution in [2.24, 2.45) is 0 Å². The molecule has 116 valence electrons. The van der Waals surface area contributed by atoms with Crippen molar-refractivity contribution in [2.75, 3.05) is 17.6 Å². The maximum absolute atomic E-state index is 13.5. The highest BCUT2D eigenvalue weighted by molar-refractivity contribution is 7.89. The Hall–Kier alpha value is -1.47. The van der Waals surface area contributed by atoms with E-state index in [1.54, 1.807) is 13.0 Å². The molecule has 1 aliphatic rings. The zero-order chi connectivity index (χ0) is 15.5. The van der Waals surface area contributed by atoms with Gasteiger partial charge in [-0.05, 0) is 31.4 Å². The molecule has 0 bridgehead atoms. The first-order valence-corrected chi connectivity index (χ1v) is 8.61. The van der Waals surface area contributed by atoms with Gasteiger partial charge in [-0.2, -0.15) is 4.31 Å². The van der Waals surface area contributed by atoms with E-state index >= 15 is 0 Å². The summed E-state index contributed by atoms with van der Waals surface area (Å²) in [5, 5.41) is 2.48. The monoisotopic (exact) mass is 314 g/mol. The van der Waals surface area contributed by atoms with Crippen LogP contribution in [0.4, 0.5) is 10.1 Å². The van der Waals surface area contributed by atoms with Gasteiger partial charge in [-0.1, -0.05) is 19.1 Å². The van der Waals surface area contributed by atoms with Crippen LogP contribution in [0.5, 0.6) is 0 Å². The minimum Gasteiger partial charge on any atom is -0.322 e. The maximum Gasteiger partial charge on any atom is 0.242 e. The van der Waals surface area contributed by atoms with Crippen molar-refractivity contribution in [3.05, 3.63) is 30.1 Å². The summed E-state index contributed by atoms with van der Waals surface area (Å²) in [6.45, 7) is 2.12. The molecule has 1 aromatic carbocycles. The van der Waals surface area contributed by atoms with Gasteiger partial charge in [0.05, 0.1) is 11.4 Å². The molecule has 1 fully saturated rings. The summed E-state index contributed by atoms with van der Waals surface area (Å²) in [6, 6.07) is 5.08. The van der Waals surface area contributed by atoms with Crippen molar-refractivity contribution in [1.29, 1.82) is 0 Å². The number of anilines is 1. The number of carbonyl (C=O) groups excluding carboxylic acids is 1. The minimum absolute atomic E-state index is 0.0243. The number of nitrogens with zero attached hydrogens (tertiary/aromatic N) is 1. The van der Waals surface area contributed by atoms with Crippen molar-refractivity contribution >= 4 is 21.6 Å². The molecule has 7 heteroatoms. The Morgan fingerprint density at radius 1 is 1.43 bits per heavy atom. The largest absolute Gasteiger partial charge is 0.322 e. The highest BCUT2D eigenvalue weighted by atomic mass is 32.2. The van der Waals surface area contributed by atoms with Crippen LogP contribution in [0.15, 0.2) is 24.3 Å². The second kappa shape index (κ2) is 6.53. The number of hydrogen-bond acceptors (Lipinski definition) is 3. The Bertz CT molecular complexity index is 618. The molecule has 21 heavy (non-hydrogen) atoms. The van der Waals surface area contributed by atoms with Crippen LogP contribution >= 0.6 is 0 Å². The number of hydrogen-bond donors (Lipinski definition) is 1. The molecule has 0 radical (unpaired) electrons. The molecule has 1 heterocycles. The average Bonchev–Trinajstić information content (AvgIpc) is 2.91. The fraction of sp³-hybridized carbons (Fsp3) is 0.500. The van der Waals surface area contributed by atoms with Crippen LogP contribution in [0.2, 0.25) is 0 Å². The number of carbonyl (C=O) groups is 1. The summed E-state index contributed by atoms with van der Waals surface area (Å²) >= 11 is 0. The quantitative estimate of drug-likeness (QED) is 0.903. The number of rotatable bonds is 5. The Morgan fingerprint density at radius 3 is 2.81 bits per heavy atom. The number of para-hydroxylation sites is 1. The molecule has 1 saturated heterocycles. The van der Waals surface area contributed by atoms with Gasteiger partial charge in [0.1, 0.15) is 11.9 Å². The molecule has 5 nitrogen and oxygen atoms in total. The molecule has 1 aromatic rings. The van der Waals surface area contributed by atoms with Gasteiger partial charge in [-0.15, -0.1) is 0 Å². The van der Waals surface area contributed by atoms with Crippen LogP contribution in [-0.4, -0.2) is 37.0 Å². The molecule has 1 atom stereocenters. The zero-order valence-electron chi connectivity index (χ0n) is 11.9. The van der Waals surface area contributed by atoms with Crippen molar-refractivity contribution < 1.29 is 17.6 Å². The van der Waals surface area contributed by atoms with Crippen LogP contribution in [0.3, 0.4) is 0 Å². The predicted octanol–water partition coefficient (Wildman–Crippen LogP) is 1.97. The van der Waals surface area contributed by atoms with Crippen LogP contribution < -0.4 is 5.32 Å². The van der Waals surface area contributed by atoms with Gasteiger partial charge in [0.2, 0.25) is 15.9 Å². The number of halogens is 1. The van der Waals surface area contributed by atoms with Crippen LogP contribution in [0.1, 0.15) is 26.2 Å². The average molecular weight is 314 g/mol. The first-order valence-electron chi connectivity index (χ1n) is 7.00. The normalized spacial score (nSPS) is 19.6. The maximum atomic E-state index is 13.5. The standard InChI is InChI=1S/C14H19FN2O3S/c1-2-10-21(19,20)17-9-5-8-13(17)14(18)16-12-7-4-3-6-11(12)15/h3-4,6-7,13H,2,5,8-10H2,1H3,(H,16,18). The van der Waals surface area contributed by atoms with E-state index in [2.05, 4.69) is 5.32 Å². The number of amides is 1. The summed E-state index contributed by atoms with van der Waals surface area (Å²) < 4.78 is 39.1. The predicted molar refractivity (Wildman–Crippen MR) is 78.8 cm³/mol. The van der Waals surface area contributed by atoms with E-state index in [9.17, 15) is 17.6 Å². The lowest BCUT2D eigenvalue weighted by atomic mass is 10.2. The van der Waals surface area contributed by atoms with E-state index in [0.29, 0.717) is 25.8 Å². The molecule has 0 spiro atoms. The smallest absolute Gasteiger partial charge is 0.242 e. The zero-order valence-corrected chi connectivity index (χ0v) is 12.7. The van der Waals surface area contributed by atoms with Gasteiger partial charge in [-0.25, -0.2) is 12.8 Å². The van der Waals surface area contributed by atoms with Gasteiger partial charge >= 0.3 is 0 Å². The van der Waals surface area contributed by atoms with Crippen LogP contribution in [0, 0.1) is 5.82 Å². The summed E-state index contributed by atoms with van der Waals surface area (Å²) in [4.78, 5) is 12.2. The summed E-state index contributed by atoms with van der Waals surface area (Å²) in [7, 11) is -3.43.